The second kappa shape index (κ2) is 7.02. The molecule has 1 aliphatic heterocycles. The first-order valence-electron chi connectivity index (χ1n) is 10.1. The maximum absolute atomic E-state index is 13.3. The molecule has 3 heterocycles. The highest BCUT2D eigenvalue weighted by atomic mass is 16.2. The van der Waals surface area contributed by atoms with Crippen LogP contribution in [-0.4, -0.2) is 25.2 Å². The minimum atomic E-state index is -0.348. The van der Waals surface area contributed by atoms with Crippen LogP contribution >= 0.6 is 0 Å². The molecule has 2 aromatic heterocycles. The Morgan fingerprint density at radius 3 is 2.33 bits per heavy atom. The molecule has 0 aliphatic carbocycles. The maximum atomic E-state index is 13.3. The summed E-state index contributed by atoms with van der Waals surface area (Å²) >= 11 is 0. The van der Waals surface area contributed by atoms with E-state index in [4.69, 9.17) is 4.98 Å². The number of fused-ring (bicyclic) bond motifs is 3. The van der Waals surface area contributed by atoms with Crippen molar-refractivity contribution in [3.8, 4) is 0 Å². The highest BCUT2D eigenvalue weighted by molar-refractivity contribution is 5.75. The maximum Gasteiger partial charge on any atom is 0.332 e. The van der Waals surface area contributed by atoms with Crippen LogP contribution < -0.4 is 16.1 Å². The SMILES string of the molecule is Cc1ccc(Cn2c(=O)c3c(nc4n3CCN4Cc3ccccc3)n(C)c2=O)cc1. The van der Waals surface area contributed by atoms with Gasteiger partial charge in [0.05, 0.1) is 6.54 Å². The average molecular weight is 401 g/mol. The topological polar surface area (TPSA) is 65.1 Å². The Morgan fingerprint density at radius 2 is 1.60 bits per heavy atom. The van der Waals surface area contributed by atoms with Crippen molar-refractivity contribution in [1.82, 2.24) is 18.7 Å². The zero-order chi connectivity index (χ0) is 20.8. The predicted octanol–water partition coefficient (Wildman–Crippen LogP) is 2.27. The first kappa shape index (κ1) is 18.4. The van der Waals surface area contributed by atoms with Gasteiger partial charge in [0.2, 0.25) is 5.95 Å². The van der Waals surface area contributed by atoms with Gasteiger partial charge in [0, 0.05) is 26.7 Å². The molecule has 0 unspecified atom stereocenters. The Bertz CT molecular complexity index is 1350. The van der Waals surface area contributed by atoms with Crippen molar-refractivity contribution in [1.29, 1.82) is 0 Å². The largest absolute Gasteiger partial charge is 0.336 e. The Balaban J connectivity index is 1.60. The second-order valence-corrected chi connectivity index (χ2v) is 7.86. The fourth-order valence-corrected chi connectivity index (χ4v) is 4.10. The summed E-state index contributed by atoms with van der Waals surface area (Å²) in [7, 11) is 1.68. The molecule has 0 amide bonds. The van der Waals surface area contributed by atoms with Gasteiger partial charge in [0.25, 0.3) is 5.56 Å². The molecule has 0 bridgehead atoms. The molecule has 0 atom stereocenters. The third kappa shape index (κ3) is 2.94. The van der Waals surface area contributed by atoms with E-state index >= 15 is 0 Å². The molecule has 30 heavy (non-hydrogen) atoms. The van der Waals surface area contributed by atoms with Gasteiger partial charge in [0.1, 0.15) is 0 Å². The minimum absolute atomic E-state index is 0.246. The van der Waals surface area contributed by atoms with E-state index in [0.717, 1.165) is 30.2 Å². The molecule has 0 N–H and O–H groups in total. The highest BCUT2D eigenvalue weighted by Gasteiger charge is 2.27. The summed E-state index contributed by atoms with van der Waals surface area (Å²) in [6, 6.07) is 18.1. The summed E-state index contributed by atoms with van der Waals surface area (Å²) in [5.41, 5.74) is 3.55. The van der Waals surface area contributed by atoms with E-state index in [0.29, 0.717) is 17.7 Å². The molecular weight excluding hydrogens is 378 g/mol. The lowest BCUT2D eigenvalue weighted by atomic mass is 10.1. The molecule has 152 valence electrons. The second-order valence-electron chi connectivity index (χ2n) is 7.86. The zero-order valence-electron chi connectivity index (χ0n) is 17.1. The summed E-state index contributed by atoms with van der Waals surface area (Å²) in [6.07, 6.45) is 0. The molecule has 0 fully saturated rings. The summed E-state index contributed by atoms with van der Waals surface area (Å²) < 4.78 is 4.74. The van der Waals surface area contributed by atoms with Crippen LogP contribution in [0.2, 0.25) is 0 Å². The number of rotatable bonds is 4. The number of imidazole rings is 1. The Kier molecular flexibility index (Phi) is 4.31. The van der Waals surface area contributed by atoms with Crippen LogP contribution in [0.5, 0.6) is 0 Å². The number of aromatic nitrogens is 4. The van der Waals surface area contributed by atoms with E-state index in [9.17, 15) is 9.59 Å². The average Bonchev–Trinajstić information content (AvgIpc) is 3.32. The highest BCUT2D eigenvalue weighted by Crippen LogP contribution is 2.26. The smallest absolute Gasteiger partial charge is 0.332 e. The first-order valence-corrected chi connectivity index (χ1v) is 10.1. The van der Waals surface area contributed by atoms with Gasteiger partial charge in [-0.25, -0.2) is 4.79 Å². The standard InChI is InChI=1S/C23H23N5O2/c1-16-8-10-18(11-9-16)15-28-21(29)19-20(25(2)23(28)30)24-22-26(12-13-27(19)22)14-17-6-4-3-5-7-17/h3-11H,12-15H2,1-2H3. The van der Waals surface area contributed by atoms with E-state index in [1.165, 1.54) is 14.7 Å². The lowest BCUT2D eigenvalue weighted by Gasteiger charge is -2.15. The van der Waals surface area contributed by atoms with Crippen molar-refractivity contribution in [2.75, 3.05) is 11.4 Å². The van der Waals surface area contributed by atoms with Crippen LogP contribution in [0.1, 0.15) is 16.7 Å². The summed E-state index contributed by atoms with van der Waals surface area (Å²) in [6.45, 7) is 4.44. The lowest BCUT2D eigenvalue weighted by molar-refractivity contribution is 0.651. The molecule has 7 heteroatoms. The third-order valence-electron chi connectivity index (χ3n) is 5.77. The van der Waals surface area contributed by atoms with Crippen molar-refractivity contribution in [3.05, 3.63) is 92.1 Å². The predicted molar refractivity (Wildman–Crippen MR) is 117 cm³/mol. The quantitative estimate of drug-likeness (QED) is 0.526. The molecule has 4 aromatic rings. The number of aryl methyl sites for hydroxylation is 2. The monoisotopic (exact) mass is 401 g/mol. The van der Waals surface area contributed by atoms with Crippen LogP contribution in [-0.2, 0) is 26.7 Å². The normalized spacial score (nSPS) is 13.2. The fraction of sp³-hybridized carbons (Fsp3) is 0.261. The molecular formula is C23H23N5O2. The van der Waals surface area contributed by atoms with E-state index in [1.807, 2.05) is 54.0 Å². The number of hydrogen-bond donors (Lipinski definition) is 0. The van der Waals surface area contributed by atoms with E-state index < -0.39 is 0 Å². The molecule has 0 saturated carbocycles. The Morgan fingerprint density at radius 1 is 0.900 bits per heavy atom. The molecule has 0 spiro atoms. The van der Waals surface area contributed by atoms with Crippen LogP contribution in [0.4, 0.5) is 5.95 Å². The van der Waals surface area contributed by atoms with Crippen LogP contribution in [0.15, 0.2) is 64.2 Å². The number of anilines is 1. The summed E-state index contributed by atoms with van der Waals surface area (Å²) in [5.74, 6) is 0.744. The molecule has 0 radical (unpaired) electrons. The summed E-state index contributed by atoms with van der Waals surface area (Å²) in [4.78, 5) is 33.1. The van der Waals surface area contributed by atoms with Crippen molar-refractivity contribution in [2.45, 2.75) is 26.6 Å². The van der Waals surface area contributed by atoms with Gasteiger partial charge >= 0.3 is 5.69 Å². The lowest BCUT2D eigenvalue weighted by Crippen LogP contribution is -2.40. The molecule has 7 nitrogen and oxygen atoms in total. The number of nitrogens with zero attached hydrogens (tertiary/aromatic N) is 5. The van der Waals surface area contributed by atoms with Crippen LogP contribution in [0, 0.1) is 6.92 Å². The van der Waals surface area contributed by atoms with Gasteiger partial charge in [-0.15, -0.1) is 0 Å². The zero-order valence-corrected chi connectivity index (χ0v) is 17.1. The van der Waals surface area contributed by atoms with Crippen molar-refractivity contribution in [3.63, 3.8) is 0 Å². The van der Waals surface area contributed by atoms with Gasteiger partial charge in [-0.3, -0.25) is 13.9 Å². The summed E-state index contributed by atoms with van der Waals surface area (Å²) in [5, 5.41) is 0. The molecule has 5 rings (SSSR count). The van der Waals surface area contributed by atoms with E-state index in [-0.39, 0.29) is 17.8 Å². The van der Waals surface area contributed by atoms with Crippen LogP contribution in [0.3, 0.4) is 0 Å². The van der Waals surface area contributed by atoms with Gasteiger partial charge in [-0.05, 0) is 18.1 Å². The number of hydrogen-bond acceptors (Lipinski definition) is 4. The molecule has 2 aromatic carbocycles. The third-order valence-corrected chi connectivity index (χ3v) is 5.77. The molecule has 0 saturated heterocycles. The van der Waals surface area contributed by atoms with Gasteiger partial charge in [-0.1, -0.05) is 60.2 Å². The van der Waals surface area contributed by atoms with E-state index in [2.05, 4.69) is 17.0 Å². The first-order chi connectivity index (χ1) is 14.5. The van der Waals surface area contributed by atoms with Crippen molar-refractivity contribution in [2.24, 2.45) is 7.05 Å². The van der Waals surface area contributed by atoms with Gasteiger partial charge < -0.3 is 9.47 Å². The van der Waals surface area contributed by atoms with Crippen molar-refractivity contribution < 1.29 is 0 Å². The molecule has 1 aliphatic rings. The van der Waals surface area contributed by atoms with Crippen LogP contribution in [0.25, 0.3) is 11.2 Å². The van der Waals surface area contributed by atoms with E-state index in [1.54, 1.807) is 7.05 Å². The minimum Gasteiger partial charge on any atom is -0.336 e. The van der Waals surface area contributed by atoms with Gasteiger partial charge in [0.15, 0.2) is 11.2 Å². The number of benzene rings is 2. The Hall–Kier alpha value is -3.61. The van der Waals surface area contributed by atoms with Gasteiger partial charge in [-0.2, -0.15) is 4.98 Å². The van der Waals surface area contributed by atoms with Crippen molar-refractivity contribution >= 4 is 17.1 Å². The fourth-order valence-electron chi connectivity index (χ4n) is 4.10. The Labute approximate surface area is 173 Å².